The molecule has 1 rings (SSSR count). The summed E-state index contributed by atoms with van der Waals surface area (Å²) >= 11 is 0. The summed E-state index contributed by atoms with van der Waals surface area (Å²) in [4.78, 5) is 12.3. The molecule has 0 unspecified atom stereocenters. The number of aromatic nitrogens is 1. The lowest BCUT2D eigenvalue weighted by molar-refractivity contribution is -0.393. The first kappa shape index (κ1) is 13.5. The Balaban J connectivity index is 3.44. The summed E-state index contributed by atoms with van der Waals surface area (Å²) in [5.41, 5.74) is -0.642. The maximum atomic E-state index is 12.1. The second kappa shape index (κ2) is 4.74. The van der Waals surface area contributed by atoms with Crippen LogP contribution >= 0.6 is 0 Å². The van der Waals surface area contributed by atoms with Crippen molar-refractivity contribution >= 4 is 5.82 Å². The minimum atomic E-state index is -5.20. The molecule has 0 fully saturated rings. The number of halogens is 3. The van der Waals surface area contributed by atoms with Gasteiger partial charge in [-0.25, -0.2) is 0 Å². The highest BCUT2D eigenvalue weighted by atomic mass is 19.4. The van der Waals surface area contributed by atoms with Crippen molar-refractivity contribution in [2.24, 2.45) is 0 Å². The van der Waals surface area contributed by atoms with E-state index in [0.717, 1.165) is 0 Å². The van der Waals surface area contributed by atoms with Gasteiger partial charge >= 0.3 is 12.2 Å². The lowest BCUT2D eigenvalue weighted by Gasteiger charge is -2.11. The minimum absolute atomic E-state index is 0.577. The molecule has 96 valence electrons. The molecule has 18 heavy (non-hydrogen) atoms. The fraction of sp³-hybridized carbons (Fsp3) is 0.250. The Morgan fingerprint density at radius 3 is 2.67 bits per heavy atom. The third-order valence-electron chi connectivity index (χ3n) is 1.74. The fourth-order valence-electron chi connectivity index (χ4n) is 1.11. The molecule has 1 aromatic heterocycles. The van der Waals surface area contributed by atoms with Gasteiger partial charge in [0.15, 0.2) is 11.9 Å². The Bertz CT molecular complexity index is 524. The van der Waals surface area contributed by atoms with Gasteiger partial charge in [0.25, 0.3) is 0 Å². The van der Waals surface area contributed by atoms with Crippen molar-refractivity contribution in [3.8, 4) is 17.6 Å². The molecule has 7 nitrogen and oxygen atoms in total. The Hall–Kier alpha value is -2.57. The highest BCUT2D eigenvalue weighted by Crippen LogP contribution is 2.38. The second-order valence-corrected chi connectivity index (χ2v) is 2.91. The lowest BCUT2D eigenvalue weighted by Crippen LogP contribution is -2.19. The predicted octanol–water partition coefficient (Wildman–Crippen LogP) is 1.66. The van der Waals surface area contributed by atoms with Crippen LogP contribution in [0.4, 0.5) is 19.0 Å². The highest BCUT2D eigenvalue weighted by molar-refractivity contribution is 5.53. The van der Waals surface area contributed by atoms with Crippen LogP contribution in [0.3, 0.4) is 0 Å². The standard InChI is InChI=1S/C8H4F3N3O4/c9-8(10,11)18-6-4(1-2-12)5(15)3-13-7(6)14(16)17/h3,15H,1H2. The van der Waals surface area contributed by atoms with Crippen LogP contribution in [0.15, 0.2) is 6.20 Å². The van der Waals surface area contributed by atoms with Gasteiger partial charge in [-0.3, -0.25) is 0 Å². The maximum Gasteiger partial charge on any atom is 0.573 e. The van der Waals surface area contributed by atoms with Crippen LogP contribution in [0.5, 0.6) is 11.5 Å². The average Bonchev–Trinajstić information content (AvgIpc) is 2.21. The molecule has 0 aliphatic carbocycles. The quantitative estimate of drug-likeness (QED) is 0.656. The van der Waals surface area contributed by atoms with Crippen molar-refractivity contribution in [1.29, 1.82) is 5.26 Å². The molecular formula is C8H4F3N3O4. The lowest BCUT2D eigenvalue weighted by atomic mass is 10.1. The van der Waals surface area contributed by atoms with Crippen molar-refractivity contribution in [3.63, 3.8) is 0 Å². The first-order valence-electron chi connectivity index (χ1n) is 4.24. The number of ether oxygens (including phenoxy) is 1. The first-order chi connectivity index (χ1) is 8.26. The zero-order valence-electron chi connectivity index (χ0n) is 8.43. The van der Waals surface area contributed by atoms with Crippen molar-refractivity contribution < 1.29 is 27.9 Å². The monoisotopic (exact) mass is 263 g/mol. The largest absolute Gasteiger partial charge is 0.573 e. The van der Waals surface area contributed by atoms with Gasteiger partial charge in [0.05, 0.1) is 18.1 Å². The number of nitro groups is 1. The topological polar surface area (TPSA) is 109 Å². The van der Waals surface area contributed by atoms with E-state index in [1.165, 1.54) is 6.07 Å². The maximum absolute atomic E-state index is 12.1. The van der Waals surface area contributed by atoms with E-state index in [-0.39, 0.29) is 0 Å². The molecule has 0 aromatic carbocycles. The Morgan fingerprint density at radius 1 is 1.61 bits per heavy atom. The molecule has 0 aliphatic rings. The molecule has 0 spiro atoms. The summed E-state index contributed by atoms with van der Waals surface area (Å²) in [5, 5.41) is 28.2. The van der Waals surface area contributed by atoms with Gasteiger partial charge in [0, 0.05) is 0 Å². The molecule has 0 atom stereocenters. The number of aromatic hydroxyl groups is 1. The second-order valence-electron chi connectivity index (χ2n) is 2.91. The molecule has 0 aliphatic heterocycles. The number of pyridine rings is 1. The van der Waals surface area contributed by atoms with Gasteiger partial charge < -0.3 is 20.0 Å². The summed E-state index contributed by atoms with van der Waals surface area (Å²) in [5.74, 6) is -3.30. The van der Waals surface area contributed by atoms with Crippen LogP contribution in [0.2, 0.25) is 0 Å². The van der Waals surface area contributed by atoms with Gasteiger partial charge in [-0.05, 0) is 9.91 Å². The molecule has 0 saturated carbocycles. The van der Waals surface area contributed by atoms with Crippen LogP contribution < -0.4 is 4.74 Å². The Morgan fingerprint density at radius 2 is 2.22 bits per heavy atom. The molecular weight excluding hydrogens is 259 g/mol. The number of alkyl halides is 3. The van der Waals surface area contributed by atoms with E-state index in [1.807, 2.05) is 0 Å². The van der Waals surface area contributed by atoms with E-state index < -0.39 is 40.6 Å². The number of nitrogens with zero attached hydrogens (tertiary/aromatic N) is 3. The highest BCUT2D eigenvalue weighted by Gasteiger charge is 2.37. The van der Waals surface area contributed by atoms with Gasteiger partial charge in [-0.2, -0.15) is 5.26 Å². The molecule has 1 heterocycles. The summed E-state index contributed by atoms with van der Waals surface area (Å²) in [6.07, 6.45) is -5.32. The smallest absolute Gasteiger partial charge is 0.504 e. The van der Waals surface area contributed by atoms with E-state index in [0.29, 0.717) is 6.20 Å². The normalized spacial score (nSPS) is 10.8. The minimum Gasteiger partial charge on any atom is -0.504 e. The zero-order chi connectivity index (χ0) is 13.9. The van der Waals surface area contributed by atoms with E-state index in [1.54, 1.807) is 0 Å². The van der Waals surface area contributed by atoms with E-state index in [2.05, 4.69) is 9.72 Å². The van der Waals surface area contributed by atoms with Gasteiger partial charge in [0.1, 0.15) is 0 Å². The van der Waals surface area contributed by atoms with Crippen molar-refractivity contribution in [3.05, 3.63) is 21.9 Å². The summed E-state index contributed by atoms with van der Waals surface area (Å²) < 4.78 is 39.7. The molecule has 1 N–H and O–H groups in total. The number of hydrogen-bond donors (Lipinski definition) is 1. The molecule has 10 heteroatoms. The third-order valence-corrected chi connectivity index (χ3v) is 1.74. The predicted molar refractivity (Wildman–Crippen MR) is 48.6 cm³/mol. The van der Waals surface area contributed by atoms with Gasteiger partial charge in [-0.15, -0.1) is 13.2 Å². The molecule has 1 aromatic rings. The van der Waals surface area contributed by atoms with E-state index >= 15 is 0 Å². The number of nitriles is 1. The van der Waals surface area contributed by atoms with Crippen molar-refractivity contribution in [2.45, 2.75) is 12.8 Å². The van der Waals surface area contributed by atoms with Gasteiger partial charge in [-0.1, -0.05) is 0 Å². The van der Waals surface area contributed by atoms with E-state index in [9.17, 15) is 28.4 Å². The average molecular weight is 263 g/mol. The number of hydrogen-bond acceptors (Lipinski definition) is 6. The van der Waals surface area contributed by atoms with Gasteiger partial charge in [0.2, 0.25) is 5.75 Å². The van der Waals surface area contributed by atoms with Crippen molar-refractivity contribution in [1.82, 2.24) is 4.98 Å². The fourth-order valence-corrected chi connectivity index (χ4v) is 1.11. The van der Waals surface area contributed by atoms with Crippen LogP contribution in [0.1, 0.15) is 5.56 Å². The van der Waals surface area contributed by atoms with E-state index in [4.69, 9.17) is 5.26 Å². The van der Waals surface area contributed by atoms with Crippen LogP contribution in [-0.4, -0.2) is 21.4 Å². The first-order valence-corrected chi connectivity index (χ1v) is 4.24. The van der Waals surface area contributed by atoms with Crippen LogP contribution in [0, 0.1) is 21.4 Å². The summed E-state index contributed by atoms with van der Waals surface area (Å²) in [7, 11) is 0. The van der Waals surface area contributed by atoms with Crippen LogP contribution in [0.25, 0.3) is 0 Å². The molecule has 0 saturated heterocycles. The molecule has 0 amide bonds. The Kier molecular flexibility index (Phi) is 3.55. The SMILES string of the molecule is N#CCc1c(O)cnc([N+](=O)[O-])c1OC(F)(F)F. The number of rotatable bonds is 3. The molecule has 0 bridgehead atoms. The van der Waals surface area contributed by atoms with Crippen LogP contribution in [-0.2, 0) is 6.42 Å². The Labute approximate surface area is 97.2 Å². The molecule has 0 radical (unpaired) electrons. The summed E-state index contributed by atoms with van der Waals surface area (Å²) in [6.45, 7) is 0. The zero-order valence-corrected chi connectivity index (χ0v) is 8.43. The van der Waals surface area contributed by atoms with Crippen molar-refractivity contribution in [2.75, 3.05) is 0 Å². The third kappa shape index (κ3) is 2.97. The summed E-state index contributed by atoms with van der Waals surface area (Å²) in [6, 6.07) is 1.46.